The van der Waals surface area contributed by atoms with Crippen molar-refractivity contribution >= 4 is 0 Å². The number of nitrogens with zero attached hydrogens (tertiary/aromatic N) is 1. The van der Waals surface area contributed by atoms with Crippen molar-refractivity contribution in [2.75, 3.05) is 6.61 Å². The van der Waals surface area contributed by atoms with Gasteiger partial charge in [0.1, 0.15) is 11.5 Å². The van der Waals surface area contributed by atoms with Crippen molar-refractivity contribution in [3.8, 4) is 11.5 Å². The molecule has 0 saturated carbocycles. The molecule has 0 fully saturated rings. The minimum absolute atomic E-state index is 0.155. The molecule has 2 aromatic rings. The van der Waals surface area contributed by atoms with Crippen LogP contribution in [0.15, 0.2) is 42.7 Å². The van der Waals surface area contributed by atoms with Crippen LogP contribution in [0.2, 0.25) is 0 Å². The van der Waals surface area contributed by atoms with Gasteiger partial charge in [-0.05, 0) is 35.7 Å². The van der Waals surface area contributed by atoms with E-state index in [9.17, 15) is 0 Å². The zero-order chi connectivity index (χ0) is 12.8. The van der Waals surface area contributed by atoms with Crippen LogP contribution in [-0.4, -0.2) is 16.7 Å². The molecule has 1 aromatic heterocycles. The van der Waals surface area contributed by atoms with Gasteiger partial charge in [0.2, 0.25) is 0 Å². The minimum atomic E-state index is 0.155. The number of ether oxygens (including phenoxy) is 1. The van der Waals surface area contributed by atoms with Gasteiger partial charge in [0, 0.05) is 19.3 Å². The fraction of sp³-hybridized carbons (Fsp3) is 0.214. The summed E-state index contributed by atoms with van der Waals surface area (Å²) in [5.41, 5.74) is 7.56. The van der Waals surface area contributed by atoms with E-state index in [0.717, 1.165) is 16.9 Å². The molecule has 0 radical (unpaired) electrons. The van der Waals surface area contributed by atoms with Crippen LogP contribution in [0.25, 0.3) is 0 Å². The Morgan fingerprint density at radius 3 is 2.50 bits per heavy atom. The van der Waals surface area contributed by atoms with Crippen molar-refractivity contribution < 1.29 is 9.84 Å². The van der Waals surface area contributed by atoms with E-state index < -0.39 is 0 Å². The van der Waals surface area contributed by atoms with Gasteiger partial charge in [-0.3, -0.25) is 4.98 Å². The summed E-state index contributed by atoms with van der Waals surface area (Å²) >= 11 is 0. The molecule has 3 N–H and O–H groups in total. The van der Waals surface area contributed by atoms with Crippen LogP contribution in [0.3, 0.4) is 0 Å². The van der Waals surface area contributed by atoms with E-state index in [4.69, 9.17) is 15.6 Å². The minimum Gasteiger partial charge on any atom is -0.456 e. The number of aliphatic hydroxyl groups excluding tert-OH is 1. The van der Waals surface area contributed by atoms with E-state index in [0.29, 0.717) is 18.7 Å². The Morgan fingerprint density at radius 1 is 1.06 bits per heavy atom. The smallest absolute Gasteiger partial charge is 0.146 e. The maximum atomic E-state index is 8.83. The fourth-order valence-electron chi connectivity index (χ4n) is 1.62. The first-order valence-electron chi connectivity index (χ1n) is 5.83. The Labute approximate surface area is 106 Å². The number of hydrogen-bond acceptors (Lipinski definition) is 4. The lowest BCUT2D eigenvalue weighted by Crippen LogP contribution is -1.97. The summed E-state index contributed by atoms with van der Waals surface area (Å²) in [4.78, 5) is 4.06. The quantitative estimate of drug-likeness (QED) is 0.842. The molecule has 0 atom stereocenters. The average Bonchev–Trinajstić information content (AvgIpc) is 2.42. The highest BCUT2D eigenvalue weighted by Crippen LogP contribution is 2.21. The van der Waals surface area contributed by atoms with Gasteiger partial charge >= 0.3 is 0 Å². The maximum Gasteiger partial charge on any atom is 0.146 e. The predicted octanol–water partition coefficient (Wildman–Crippen LogP) is 1.87. The summed E-state index contributed by atoms with van der Waals surface area (Å²) in [6.07, 6.45) is 4.03. The van der Waals surface area contributed by atoms with Crippen LogP contribution in [-0.2, 0) is 13.0 Å². The van der Waals surface area contributed by atoms with E-state index in [-0.39, 0.29) is 6.61 Å². The second kappa shape index (κ2) is 6.14. The highest BCUT2D eigenvalue weighted by Gasteiger charge is 1.99. The Morgan fingerprint density at radius 2 is 1.83 bits per heavy atom. The van der Waals surface area contributed by atoms with Crippen LogP contribution >= 0.6 is 0 Å². The number of aromatic nitrogens is 1. The summed E-state index contributed by atoms with van der Waals surface area (Å²) in [6, 6.07) is 9.49. The summed E-state index contributed by atoms with van der Waals surface area (Å²) in [5, 5.41) is 8.83. The number of aliphatic hydroxyl groups is 1. The molecule has 0 amide bonds. The third-order valence-electron chi connectivity index (χ3n) is 2.57. The number of pyridine rings is 1. The van der Waals surface area contributed by atoms with Crippen molar-refractivity contribution in [3.63, 3.8) is 0 Å². The van der Waals surface area contributed by atoms with E-state index in [1.807, 2.05) is 30.3 Å². The third-order valence-corrected chi connectivity index (χ3v) is 2.57. The standard InChI is InChI=1S/C14H16N2O2/c15-8-12-7-14(10-16-9-12)18-13-3-1-11(2-4-13)5-6-17/h1-4,7,9-10,17H,5-6,8,15H2. The molecule has 0 aliphatic rings. The molecule has 4 heteroatoms. The van der Waals surface area contributed by atoms with Gasteiger partial charge in [-0.1, -0.05) is 12.1 Å². The summed E-state index contributed by atoms with van der Waals surface area (Å²) in [7, 11) is 0. The number of hydrogen-bond donors (Lipinski definition) is 2. The van der Waals surface area contributed by atoms with Crippen LogP contribution in [0.5, 0.6) is 11.5 Å². The first-order chi connectivity index (χ1) is 8.81. The van der Waals surface area contributed by atoms with Crippen LogP contribution in [0, 0.1) is 0 Å². The van der Waals surface area contributed by atoms with Gasteiger partial charge in [-0.25, -0.2) is 0 Å². The maximum absolute atomic E-state index is 8.83. The molecule has 94 valence electrons. The third kappa shape index (κ3) is 3.29. The van der Waals surface area contributed by atoms with Crippen LogP contribution in [0.1, 0.15) is 11.1 Å². The SMILES string of the molecule is NCc1cncc(Oc2ccc(CCO)cc2)c1. The van der Waals surface area contributed by atoms with Crippen molar-refractivity contribution in [2.24, 2.45) is 5.73 Å². The molecule has 18 heavy (non-hydrogen) atoms. The van der Waals surface area contributed by atoms with E-state index >= 15 is 0 Å². The highest BCUT2D eigenvalue weighted by molar-refractivity contribution is 5.33. The van der Waals surface area contributed by atoms with Crippen LogP contribution in [0.4, 0.5) is 0 Å². The van der Waals surface area contributed by atoms with Gasteiger partial charge in [0.15, 0.2) is 0 Å². The Hall–Kier alpha value is -1.91. The first-order valence-corrected chi connectivity index (χ1v) is 5.83. The zero-order valence-corrected chi connectivity index (χ0v) is 10.0. The Kier molecular flexibility index (Phi) is 4.28. The van der Waals surface area contributed by atoms with Crippen molar-refractivity contribution in [1.82, 2.24) is 4.98 Å². The van der Waals surface area contributed by atoms with E-state index in [2.05, 4.69) is 4.98 Å². The molecule has 0 spiro atoms. The Balaban J connectivity index is 2.08. The van der Waals surface area contributed by atoms with Gasteiger partial charge in [0.05, 0.1) is 6.20 Å². The summed E-state index contributed by atoms with van der Waals surface area (Å²) < 4.78 is 5.67. The topological polar surface area (TPSA) is 68.4 Å². The normalized spacial score (nSPS) is 10.3. The van der Waals surface area contributed by atoms with Crippen molar-refractivity contribution in [1.29, 1.82) is 0 Å². The Bertz CT molecular complexity index is 497. The second-order valence-electron chi connectivity index (χ2n) is 3.95. The molecular weight excluding hydrogens is 228 g/mol. The molecule has 1 heterocycles. The lowest BCUT2D eigenvalue weighted by molar-refractivity contribution is 0.299. The predicted molar refractivity (Wildman–Crippen MR) is 69.4 cm³/mol. The molecule has 0 saturated heterocycles. The van der Waals surface area contributed by atoms with Gasteiger partial charge in [0.25, 0.3) is 0 Å². The second-order valence-corrected chi connectivity index (χ2v) is 3.95. The summed E-state index contributed by atoms with van der Waals surface area (Å²) in [6.45, 7) is 0.600. The molecule has 0 aliphatic heterocycles. The van der Waals surface area contributed by atoms with Crippen LogP contribution < -0.4 is 10.5 Å². The molecule has 4 nitrogen and oxygen atoms in total. The molecule has 0 bridgehead atoms. The largest absolute Gasteiger partial charge is 0.456 e. The summed E-state index contributed by atoms with van der Waals surface area (Å²) in [5.74, 6) is 1.42. The fourth-order valence-corrected chi connectivity index (χ4v) is 1.62. The first kappa shape index (κ1) is 12.5. The number of nitrogens with two attached hydrogens (primary N) is 1. The van der Waals surface area contributed by atoms with E-state index in [1.165, 1.54) is 0 Å². The molecule has 0 aliphatic carbocycles. The number of benzene rings is 1. The van der Waals surface area contributed by atoms with E-state index in [1.54, 1.807) is 12.4 Å². The number of rotatable bonds is 5. The lowest BCUT2D eigenvalue weighted by Gasteiger charge is -2.07. The van der Waals surface area contributed by atoms with Gasteiger partial charge in [-0.15, -0.1) is 0 Å². The average molecular weight is 244 g/mol. The zero-order valence-electron chi connectivity index (χ0n) is 10.0. The van der Waals surface area contributed by atoms with Crippen molar-refractivity contribution in [3.05, 3.63) is 53.9 Å². The lowest BCUT2D eigenvalue weighted by atomic mass is 10.1. The molecular formula is C14H16N2O2. The van der Waals surface area contributed by atoms with Crippen molar-refractivity contribution in [2.45, 2.75) is 13.0 Å². The monoisotopic (exact) mass is 244 g/mol. The molecule has 2 rings (SSSR count). The molecule has 0 unspecified atom stereocenters. The van der Waals surface area contributed by atoms with Gasteiger partial charge < -0.3 is 15.6 Å². The highest BCUT2D eigenvalue weighted by atomic mass is 16.5. The molecule has 1 aromatic carbocycles. The van der Waals surface area contributed by atoms with Gasteiger partial charge in [-0.2, -0.15) is 0 Å².